The molecule has 1 unspecified atom stereocenters. The van der Waals surface area contributed by atoms with E-state index in [0.29, 0.717) is 5.56 Å². The van der Waals surface area contributed by atoms with Crippen LogP contribution >= 0.6 is 0 Å². The van der Waals surface area contributed by atoms with Crippen molar-refractivity contribution in [2.45, 2.75) is 18.4 Å². The Bertz CT molecular complexity index is 730. The zero-order chi connectivity index (χ0) is 16.4. The molecule has 1 atom stereocenters. The van der Waals surface area contributed by atoms with Crippen molar-refractivity contribution in [1.29, 1.82) is 0 Å². The maximum atomic E-state index is 12.9. The molecule has 0 bridgehead atoms. The molecular formula is C15H14F2N4O2. The van der Waals surface area contributed by atoms with Crippen LogP contribution in [0.2, 0.25) is 0 Å². The Morgan fingerprint density at radius 1 is 1.26 bits per heavy atom. The average molecular weight is 320 g/mol. The molecule has 0 radical (unpaired) electrons. The summed E-state index contributed by atoms with van der Waals surface area (Å²) in [5.41, 5.74) is 0.445. The van der Waals surface area contributed by atoms with Gasteiger partial charge in [-0.1, -0.05) is 18.2 Å². The Morgan fingerprint density at radius 2 is 1.96 bits per heavy atom. The number of rotatable bonds is 5. The molecule has 1 saturated carbocycles. The highest BCUT2D eigenvalue weighted by atomic mass is 19.3. The molecule has 1 aliphatic carbocycles. The first-order chi connectivity index (χ1) is 11.0. The summed E-state index contributed by atoms with van der Waals surface area (Å²) in [7, 11) is 0. The number of halogens is 2. The van der Waals surface area contributed by atoms with E-state index < -0.39 is 17.9 Å². The second kappa shape index (κ2) is 5.79. The Morgan fingerprint density at radius 3 is 2.61 bits per heavy atom. The van der Waals surface area contributed by atoms with Crippen molar-refractivity contribution in [3.8, 4) is 0 Å². The topological polar surface area (TPSA) is 76.0 Å². The zero-order valence-corrected chi connectivity index (χ0v) is 12.0. The van der Waals surface area contributed by atoms with Gasteiger partial charge in [0.1, 0.15) is 6.04 Å². The average Bonchev–Trinajstić information content (AvgIpc) is 2.95. The Labute approximate surface area is 130 Å². The molecule has 2 aromatic rings. The summed E-state index contributed by atoms with van der Waals surface area (Å²) >= 11 is 0. The molecule has 120 valence electrons. The van der Waals surface area contributed by atoms with Gasteiger partial charge >= 0.3 is 0 Å². The summed E-state index contributed by atoms with van der Waals surface area (Å²) in [6.07, 6.45) is 1.15. The van der Waals surface area contributed by atoms with Crippen molar-refractivity contribution in [1.82, 2.24) is 15.1 Å². The predicted octanol–water partition coefficient (Wildman–Crippen LogP) is 1.83. The van der Waals surface area contributed by atoms with E-state index in [1.54, 1.807) is 30.3 Å². The number of hydrogen-bond donors (Lipinski definition) is 2. The summed E-state index contributed by atoms with van der Waals surface area (Å²) in [5, 5.41) is 8.80. The quantitative estimate of drug-likeness (QED) is 0.882. The normalized spacial score (nSPS) is 18.3. The van der Waals surface area contributed by atoms with Gasteiger partial charge in [0.2, 0.25) is 5.91 Å². The maximum Gasteiger partial charge on any atom is 0.272 e. The van der Waals surface area contributed by atoms with E-state index >= 15 is 0 Å². The number of aromatic nitrogens is 2. The third kappa shape index (κ3) is 3.53. The highest BCUT2D eigenvalue weighted by Gasteiger charge is 2.59. The Balaban J connectivity index is 1.49. The van der Waals surface area contributed by atoms with Gasteiger partial charge in [-0.25, -0.2) is 8.78 Å². The SMILES string of the molecule is O=C(CNC(=O)c1ccccc1)Nc1ccn(C2CC2(F)F)n1. The van der Waals surface area contributed by atoms with E-state index in [1.807, 2.05) is 0 Å². The number of nitrogens with zero attached hydrogens (tertiary/aromatic N) is 2. The molecule has 2 N–H and O–H groups in total. The van der Waals surface area contributed by atoms with Crippen LogP contribution in [-0.2, 0) is 4.79 Å². The maximum absolute atomic E-state index is 12.9. The Hall–Kier alpha value is -2.77. The minimum Gasteiger partial charge on any atom is -0.343 e. The highest BCUT2D eigenvalue weighted by molar-refractivity contribution is 5.98. The lowest BCUT2D eigenvalue weighted by molar-refractivity contribution is -0.115. The molecule has 3 rings (SSSR count). The van der Waals surface area contributed by atoms with Crippen LogP contribution in [0.4, 0.5) is 14.6 Å². The molecule has 1 aromatic heterocycles. The molecule has 1 aliphatic rings. The van der Waals surface area contributed by atoms with Gasteiger partial charge in [0, 0.05) is 24.2 Å². The molecule has 0 spiro atoms. The first kappa shape index (κ1) is 15.1. The molecule has 6 nitrogen and oxygen atoms in total. The van der Waals surface area contributed by atoms with E-state index in [9.17, 15) is 18.4 Å². The molecule has 8 heteroatoms. The number of benzene rings is 1. The molecule has 1 fully saturated rings. The van der Waals surface area contributed by atoms with Gasteiger partial charge in [-0.15, -0.1) is 0 Å². The van der Waals surface area contributed by atoms with E-state index in [-0.39, 0.29) is 24.7 Å². The minimum absolute atomic E-state index is 0.173. The smallest absolute Gasteiger partial charge is 0.272 e. The van der Waals surface area contributed by atoms with Crippen molar-refractivity contribution >= 4 is 17.6 Å². The summed E-state index contributed by atoms with van der Waals surface area (Å²) in [5.74, 6) is -3.41. The van der Waals surface area contributed by atoms with Gasteiger partial charge < -0.3 is 10.6 Å². The fourth-order valence-corrected chi connectivity index (χ4v) is 2.10. The number of carbonyl (C=O) groups is 2. The molecule has 23 heavy (non-hydrogen) atoms. The molecule has 1 aromatic carbocycles. The predicted molar refractivity (Wildman–Crippen MR) is 78.2 cm³/mol. The lowest BCUT2D eigenvalue weighted by Crippen LogP contribution is -2.32. The van der Waals surface area contributed by atoms with Crippen molar-refractivity contribution in [3.63, 3.8) is 0 Å². The molecule has 0 aliphatic heterocycles. The van der Waals surface area contributed by atoms with Crippen LogP contribution in [0.1, 0.15) is 22.8 Å². The van der Waals surface area contributed by atoms with Gasteiger partial charge in [-0.05, 0) is 12.1 Å². The molecule has 1 heterocycles. The van der Waals surface area contributed by atoms with E-state index in [2.05, 4.69) is 15.7 Å². The van der Waals surface area contributed by atoms with Crippen molar-refractivity contribution < 1.29 is 18.4 Å². The van der Waals surface area contributed by atoms with E-state index in [0.717, 1.165) is 4.68 Å². The second-order valence-corrected chi connectivity index (χ2v) is 5.26. The van der Waals surface area contributed by atoms with E-state index in [1.165, 1.54) is 12.3 Å². The number of hydrogen-bond acceptors (Lipinski definition) is 3. The first-order valence-corrected chi connectivity index (χ1v) is 7.02. The Kier molecular flexibility index (Phi) is 3.81. The first-order valence-electron chi connectivity index (χ1n) is 7.02. The summed E-state index contributed by atoms with van der Waals surface area (Å²) in [6, 6.07) is 8.97. The monoisotopic (exact) mass is 320 g/mol. The lowest BCUT2D eigenvalue weighted by Gasteiger charge is -2.05. The van der Waals surface area contributed by atoms with Crippen LogP contribution in [-0.4, -0.2) is 34.1 Å². The van der Waals surface area contributed by atoms with Crippen LogP contribution in [0.5, 0.6) is 0 Å². The molecule has 0 saturated heterocycles. The van der Waals surface area contributed by atoms with Gasteiger partial charge in [0.15, 0.2) is 5.82 Å². The number of amides is 2. The fourth-order valence-electron chi connectivity index (χ4n) is 2.10. The third-order valence-corrected chi connectivity index (χ3v) is 3.43. The van der Waals surface area contributed by atoms with Crippen molar-refractivity contribution in [3.05, 3.63) is 48.2 Å². The number of nitrogens with one attached hydrogen (secondary N) is 2. The van der Waals surface area contributed by atoms with Gasteiger partial charge in [0.25, 0.3) is 11.8 Å². The minimum atomic E-state index is -2.73. The van der Waals surface area contributed by atoms with E-state index in [4.69, 9.17) is 0 Å². The van der Waals surface area contributed by atoms with Gasteiger partial charge in [-0.3, -0.25) is 14.3 Å². The zero-order valence-electron chi connectivity index (χ0n) is 12.0. The molecular weight excluding hydrogens is 306 g/mol. The number of anilines is 1. The highest BCUT2D eigenvalue weighted by Crippen LogP contribution is 2.52. The third-order valence-electron chi connectivity index (χ3n) is 3.43. The van der Waals surface area contributed by atoms with Crippen molar-refractivity contribution in [2.24, 2.45) is 0 Å². The van der Waals surface area contributed by atoms with Gasteiger partial charge in [0.05, 0.1) is 6.54 Å². The molecule has 2 amide bonds. The number of alkyl halides is 2. The lowest BCUT2D eigenvalue weighted by atomic mass is 10.2. The largest absolute Gasteiger partial charge is 0.343 e. The van der Waals surface area contributed by atoms with Crippen molar-refractivity contribution in [2.75, 3.05) is 11.9 Å². The van der Waals surface area contributed by atoms with Crippen LogP contribution in [0.3, 0.4) is 0 Å². The van der Waals surface area contributed by atoms with Gasteiger partial charge in [-0.2, -0.15) is 5.10 Å². The standard InChI is InChI=1S/C15H14F2N4O2/c16-15(17)8-11(15)21-7-6-12(20-21)19-13(22)9-18-14(23)10-4-2-1-3-5-10/h1-7,11H,8-9H2,(H,18,23)(H,19,20,22). The summed E-state index contributed by atoms with van der Waals surface area (Å²) in [6.45, 7) is -0.236. The van der Waals surface area contributed by atoms with Crippen LogP contribution < -0.4 is 10.6 Å². The summed E-state index contributed by atoms with van der Waals surface area (Å²) < 4.78 is 27.0. The van der Waals surface area contributed by atoms with Crippen LogP contribution in [0, 0.1) is 0 Å². The fraction of sp³-hybridized carbons (Fsp3) is 0.267. The van der Waals surface area contributed by atoms with Crippen LogP contribution in [0.15, 0.2) is 42.6 Å². The summed E-state index contributed by atoms with van der Waals surface area (Å²) in [4.78, 5) is 23.5. The van der Waals surface area contributed by atoms with Crippen LogP contribution in [0.25, 0.3) is 0 Å². The number of carbonyl (C=O) groups excluding carboxylic acids is 2. The second-order valence-electron chi connectivity index (χ2n) is 5.26.